The number of rotatable bonds is 6. The summed E-state index contributed by atoms with van der Waals surface area (Å²) in [6.45, 7) is 6.96. The number of esters is 1. The molecule has 0 aromatic heterocycles. The Bertz CT molecular complexity index is 331. The number of ether oxygens (including phenoxy) is 2. The third-order valence-electron chi connectivity index (χ3n) is 4.74. The zero-order valence-electron chi connectivity index (χ0n) is 13.5. The predicted octanol–water partition coefficient (Wildman–Crippen LogP) is 1.56. The van der Waals surface area contributed by atoms with E-state index in [2.05, 4.69) is 17.1 Å². The van der Waals surface area contributed by atoms with Crippen LogP contribution >= 0.6 is 0 Å². The number of hydrogen-bond donors (Lipinski definition) is 1. The van der Waals surface area contributed by atoms with Crippen molar-refractivity contribution in [2.24, 2.45) is 0 Å². The van der Waals surface area contributed by atoms with Gasteiger partial charge in [-0.2, -0.15) is 0 Å². The molecule has 0 spiro atoms. The molecule has 0 saturated carbocycles. The Morgan fingerprint density at radius 1 is 1.38 bits per heavy atom. The standard InChI is InChI=1S/C16H30N2O3/c1-3-9-18-10-5-7-16(8-11-18,15(19)20-2)17-13-14-6-4-12-21-14/h14,17H,3-13H2,1-2H3. The zero-order chi connectivity index (χ0) is 15.1. The third kappa shape index (κ3) is 4.41. The minimum absolute atomic E-state index is 0.112. The second-order valence-corrected chi connectivity index (χ2v) is 6.28. The fraction of sp³-hybridized carbons (Fsp3) is 0.938. The molecule has 2 heterocycles. The van der Waals surface area contributed by atoms with E-state index in [0.717, 1.165) is 71.3 Å². The number of likely N-dealkylation sites (tertiary alicyclic amines) is 1. The van der Waals surface area contributed by atoms with Crippen LogP contribution in [0.3, 0.4) is 0 Å². The van der Waals surface area contributed by atoms with Crippen molar-refractivity contribution in [2.75, 3.05) is 39.9 Å². The second-order valence-electron chi connectivity index (χ2n) is 6.28. The van der Waals surface area contributed by atoms with Gasteiger partial charge < -0.3 is 14.4 Å². The highest BCUT2D eigenvalue weighted by atomic mass is 16.5. The molecule has 2 unspecified atom stereocenters. The average molecular weight is 298 g/mol. The van der Waals surface area contributed by atoms with Gasteiger partial charge in [0.1, 0.15) is 5.54 Å². The maximum atomic E-state index is 12.4. The number of nitrogens with one attached hydrogen (secondary N) is 1. The van der Waals surface area contributed by atoms with Crippen LogP contribution < -0.4 is 5.32 Å². The molecule has 5 nitrogen and oxygen atoms in total. The minimum atomic E-state index is -0.525. The molecule has 1 N–H and O–H groups in total. The highest BCUT2D eigenvalue weighted by molar-refractivity contribution is 5.80. The second kappa shape index (κ2) is 8.11. The van der Waals surface area contributed by atoms with Gasteiger partial charge in [0, 0.05) is 19.7 Å². The first-order chi connectivity index (χ1) is 10.2. The van der Waals surface area contributed by atoms with Crippen molar-refractivity contribution in [3.63, 3.8) is 0 Å². The van der Waals surface area contributed by atoms with Gasteiger partial charge in [-0.15, -0.1) is 0 Å². The van der Waals surface area contributed by atoms with Crippen LogP contribution in [-0.2, 0) is 14.3 Å². The Morgan fingerprint density at radius 2 is 2.24 bits per heavy atom. The van der Waals surface area contributed by atoms with Crippen molar-refractivity contribution in [1.82, 2.24) is 10.2 Å². The molecule has 2 saturated heterocycles. The van der Waals surface area contributed by atoms with E-state index in [1.165, 1.54) is 7.11 Å². The number of nitrogens with zero attached hydrogens (tertiary/aromatic N) is 1. The predicted molar refractivity (Wildman–Crippen MR) is 82.3 cm³/mol. The van der Waals surface area contributed by atoms with Gasteiger partial charge in [0.15, 0.2) is 0 Å². The molecule has 2 atom stereocenters. The summed E-state index contributed by atoms with van der Waals surface area (Å²) in [7, 11) is 1.49. The van der Waals surface area contributed by atoms with Crippen LogP contribution in [0.1, 0.15) is 45.4 Å². The van der Waals surface area contributed by atoms with Crippen LogP contribution in [0.25, 0.3) is 0 Å². The lowest BCUT2D eigenvalue weighted by Crippen LogP contribution is -2.55. The van der Waals surface area contributed by atoms with Gasteiger partial charge in [-0.3, -0.25) is 10.1 Å². The first kappa shape index (κ1) is 16.7. The summed E-state index contributed by atoms with van der Waals surface area (Å²) >= 11 is 0. The lowest BCUT2D eigenvalue weighted by atomic mass is 9.90. The highest BCUT2D eigenvalue weighted by Crippen LogP contribution is 2.25. The molecule has 0 radical (unpaired) electrons. The van der Waals surface area contributed by atoms with Gasteiger partial charge in [-0.05, 0) is 51.6 Å². The largest absolute Gasteiger partial charge is 0.468 e. The summed E-state index contributed by atoms with van der Waals surface area (Å²) in [5, 5.41) is 3.50. The van der Waals surface area contributed by atoms with Crippen molar-refractivity contribution in [3.05, 3.63) is 0 Å². The van der Waals surface area contributed by atoms with E-state index in [4.69, 9.17) is 9.47 Å². The lowest BCUT2D eigenvalue weighted by molar-refractivity contribution is -0.149. The van der Waals surface area contributed by atoms with Crippen LogP contribution in [-0.4, -0.2) is 62.4 Å². The zero-order valence-corrected chi connectivity index (χ0v) is 13.5. The Kier molecular flexibility index (Phi) is 6.45. The van der Waals surface area contributed by atoms with Gasteiger partial charge >= 0.3 is 5.97 Å². The normalized spacial score (nSPS) is 31.0. The third-order valence-corrected chi connectivity index (χ3v) is 4.74. The Morgan fingerprint density at radius 3 is 2.90 bits per heavy atom. The van der Waals surface area contributed by atoms with Crippen molar-refractivity contribution < 1.29 is 14.3 Å². The highest BCUT2D eigenvalue weighted by Gasteiger charge is 2.41. The van der Waals surface area contributed by atoms with Crippen LogP contribution in [0.15, 0.2) is 0 Å². The average Bonchev–Trinajstić information content (AvgIpc) is 2.93. The number of methoxy groups -OCH3 is 1. The van der Waals surface area contributed by atoms with E-state index >= 15 is 0 Å². The summed E-state index contributed by atoms with van der Waals surface area (Å²) in [5.74, 6) is -0.112. The van der Waals surface area contributed by atoms with Crippen LogP contribution in [0.2, 0.25) is 0 Å². The van der Waals surface area contributed by atoms with Crippen LogP contribution in [0.4, 0.5) is 0 Å². The van der Waals surface area contributed by atoms with E-state index in [9.17, 15) is 4.79 Å². The van der Waals surface area contributed by atoms with Crippen LogP contribution in [0.5, 0.6) is 0 Å². The summed E-state index contributed by atoms with van der Waals surface area (Å²) in [5.41, 5.74) is -0.525. The molecule has 122 valence electrons. The first-order valence-corrected chi connectivity index (χ1v) is 8.37. The number of carbonyl (C=O) groups excluding carboxylic acids is 1. The Balaban J connectivity index is 1.96. The molecule has 2 aliphatic rings. The molecular weight excluding hydrogens is 268 g/mol. The monoisotopic (exact) mass is 298 g/mol. The fourth-order valence-corrected chi connectivity index (χ4v) is 3.49. The van der Waals surface area contributed by atoms with E-state index in [-0.39, 0.29) is 12.1 Å². The molecule has 5 heteroatoms. The number of carbonyl (C=O) groups is 1. The molecule has 21 heavy (non-hydrogen) atoms. The molecule has 0 aliphatic carbocycles. The van der Waals surface area contributed by atoms with Gasteiger partial charge in [-0.25, -0.2) is 0 Å². The SMILES string of the molecule is CCCN1CCCC(NCC2CCCO2)(C(=O)OC)CC1. The lowest BCUT2D eigenvalue weighted by Gasteiger charge is -2.32. The van der Waals surface area contributed by atoms with Crippen molar-refractivity contribution in [3.8, 4) is 0 Å². The van der Waals surface area contributed by atoms with Crippen LogP contribution in [0, 0.1) is 0 Å². The van der Waals surface area contributed by atoms with Gasteiger partial charge in [-0.1, -0.05) is 6.92 Å². The Labute approximate surface area is 128 Å². The topological polar surface area (TPSA) is 50.8 Å². The van der Waals surface area contributed by atoms with Crippen molar-refractivity contribution in [2.45, 2.75) is 57.1 Å². The summed E-state index contributed by atoms with van der Waals surface area (Å²) in [6.07, 6.45) is 6.34. The summed E-state index contributed by atoms with van der Waals surface area (Å²) in [6, 6.07) is 0. The molecular formula is C16H30N2O3. The van der Waals surface area contributed by atoms with E-state index in [1.807, 2.05) is 0 Å². The van der Waals surface area contributed by atoms with E-state index in [0.29, 0.717) is 0 Å². The van der Waals surface area contributed by atoms with Gasteiger partial charge in [0.2, 0.25) is 0 Å². The Hall–Kier alpha value is -0.650. The molecule has 2 fully saturated rings. The smallest absolute Gasteiger partial charge is 0.326 e. The summed E-state index contributed by atoms with van der Waals surface area (Å²) < 4.78 is 10.8. The maximum Gasteiger partial charge on any atom is 0.326 e. The molecule has 2 aliphatic heterocycles. The molecule has 0 bridgehead atoms. The molecule has 0 aromatic rings. The maximum absolute atomic E-state index is 12.4. The summed E-state index contributed by atoms with van der Waals surface area (Å²) in [4.78, 5) is 14.8. The van der Waals surface area contributed by atoms with Gasteiger partial charge in [0.05, 0.1) is 13.2 Å². The minimum Gasteiger partial charge on any atom is -0.468 e. The molecule has 0 aromatic carbocycles. The molecule has 2 rings (SSSR count). The quantitative estimate of drug-likeness (QED) is 0.754. The van der Waals surface area contributed by atoms with E-state index in [1.54, 1.807) is 0 Å². The number of hydrogen-bond acceptors (Lipinski definition) is 5. The first-order valence-electron chi connectivity index (χ1n) is 8.37. The van der Waals surface area contributed by atoms with Crippen molar-refractivity contribution >= 4 is 5.97 Å². The van der Waals surface area contributed by atoms with Gasteiger partial charge in [0.25, 0.3) is 0 Å². The molecule has 0 amide bonds. The van der Waals surface area contributed by atoms with Crippen molar-refractivity contribution in [1.29, 1.82) is 0 Å². The van der Waals surface area contributed by atoms with E-state index < -0.39 is 5.54 Å². The fourth-order valence-electron chi connectivity index (χ4n) is 3.49.